The van der Waals surface area contributed by atoms with Crippen molar-refractivity contribution in [3.63, 3.8) is 0 Å². The Morgan fingerprint density at radius 2 is 1.69 bits per heavy atom. The summed E-state index contributed by atoms with van der Waals surface area (Å²) in [6.45, 7) is 7.89. The lowest BCUT2D eigenvalue weighted by Gasteiger charge is -2.23. The molecule has 1 saturated heterocycles. The summed E-state index contributed by atoms with van der Waals surface area (Å²) in [5.74, 6) is 0.979. The van der Waals surface area contributed by atoms with Crippen molar-refractivity contribution in [1.82, 2.24) is 5.32 Å². The van der Waals surface area contributed by atoms with Crippen molar-refractivity contribution in [2.75, 3.05) is 13.2 Å². The molecule has 3 rings (SSSR count). The SMILES string of the molecule is CC(C)(C)OC=O.c1ccc(Cc2ccc(OCC[C@@H]3CCCCN3)cc2)cc1. The molecule has 0 bridgehead atoms. The minimum atomic E-state index is -0.318. The van der Waals surface area contributed by atoms with Gasteiger partial charge in [0, 0.05) is 6.04 Å². The maximum absolute atomic E-state index is 9.60. The maximum Gasteiger partial charge on any atom is 0.293 e. The van der Waals surface area contributed by atoms with Gasteiger partial charge in [-0.15, -0.1) is 0 Å². The van der Waals surface area contributed by atoms with E-state index in [2.05, 4.69) is 64.7 Å². The topological polar surface area (TPSA) is 47.6 Å². The summed E-state index contributed by atoms with van der Waals surface area (Å²) in [7, 11) is 0. The molecular formula is C25H35NO3. The van der Waals surface area contributed by atoms with E-state index in [1.165, 1.54) is 36.9 Å². The number of carbonyl (C=O) groups excluding carboxylic acids is 1. The van der Waals surface area contributed by atoms with Crippen LogP contribution in [0.1, 0.15) is 57.6 Å². The number of ether oxygens (including phenoxy) is 2. The molecule has 1 aliphatic heterocycles. The molecule has 1 heterocycles. The van der Waals surface area contributed by atoms with Crippen LogP contribution in [0.5, 0.6) is 5.75 Å². The highest BCUT2D eigenvalue weighted by Gasteiger charge is 2.12. The molecule has 2 aromatic rings. The fraction of sp³-hybridized carbons (Fsp3) is 0.480. The average Bonchev–Trinajstić information content (AvgIpc) is 2.71. The van der Waals surface area contributed by atoms with Crippen LogP contribution in [0.3, 0.4) is 0 Å². The molecule has 29 heavy (non-hydrogen) atoms. The Balaban J connectivity index is 0.000000370. The zero-order chi connectivity index (χ0) is 21.0. The lowest BCUT2D eigenvalue weighted by atomic mass is 10.0. The minimum absolute atomic E-state index is 0.318. The second-order valence-electron chi connectivity index (χ2n) is 8.42. The molecule has 4 nitrogen and oxygen atoms in total. The van der Waals surface area contributed by atoms with Gasteiger partial charge in [0.1, 0.15) is 11.4 Å². The van der Waals surface area contributed by atoms with Gasteiger partial charge >= 0.3 is 0 Å². The monoisotopic (exact) mass is 397 g/mol. The van der Waals surface area contributed by atoms with Gasteiger partial charge in [-0.3, -0.25) is 4.79 Å². The van der Waals surface area contributed by atoms with Gasteiger partial charge in [0.2, 0.25) is 0 Å². The highest BCUT2D eigenvalue weighted by atomic mass is 16.5. The third-order valence-electron chi connectivity index (χ3n) is 4.72. The molecule has 0 amide bonds. The van der Waals surface area contributed by atoms with Gasteiger partial charge in [0.25, 0.3) is 6.47 Å². The Bertz CT molecular complexity index is 686. The summed E-state index contributed by atoms with van der Waals surface area (Å²) in [4.78, 5) is 9.60. The van der Waals surface area contributed by atoms with Crippen molar-refractivity contribution in [3.8, 4) is 5.75 Å². The van der Waals surface area contributed by atoms with E-state index in [-0.39, 0.29) is 5.60 Å². The molecule has 0 unspecified atom stereocenters. The summed E-state index contributed by atoms with van der Waals surface area (Å²) in [5, 5.41) is 3.56. The highest BCUT2D eigenvalue weighted by Crippen LogP contribution is 2.16. The first-order valence-electron chi connectivity index (χ1n) is 10.6. The van der Waals surface area contributed by atoms with Gasteiger partial charge in [-0.2, -0.15) is 0 Å². The average molecular weight is 398 g/mol. The zero-order valence-corrected chi connectivity index (χ0v) is 18.0. The fourth-order valence-electron chi connectivity index (χ4n) is 3.17. The molecule has 2 aromatic carbocycles. The molecule has 0 aliphatic carbocycles. The fourth-order valence-corrected chi connectivity index (χ4v) is 3.17. The number of hydrogen-bond acceptors (Lipinski definition) is 4. The first-order valence-corrected chi connectivity index (χ1v) is 10.6. The molecule has 0 spiro atoms. The van der Waals surface area contributed by atoms with Crippen LogP contribution in [0.15, 0.2) is 54.6 Å². The van der Waals surface area contributed by atoms with E-state index in [4.69, 9.17) is 4.74 Å². The third-order valence-corrected chi connectivity index (χ3v) is 4.72. The lowest BCUT2D eigenvalue weighted by molar-refractivity contribution is -0.138. The van der Waals surface area contributed by atoms with Crippen molar-refractivity contribution in [2.24, 2.45) is 0 Å². The van der Waals surface area contributed by atoms with Crippen LogP contribution in [0.2, 0.25) is 0 Å². The molecule has 1 fully saturated rings. The molecular weight excluding hydrogens is 362 g/mol. The second kappa shape index (κ2) is 12.3. The van der Waals surface area contributed by atoms with E-state index in [0.29, 0.717) is 12.5 Å². The van der Waals surface area contributed by atoms with E-state index in [9.17, 15) is 4.79 Å². The highest BCUT2D eigenvalue weighted by molar-refractivity contribution is 5.37. The van der Waals surface area contributed by atoms with Crippen LogP contribution in [-0.2, 0) is 16.0 Å². The number of rotatable bonds is 7. The summed E-state index contributed by atoms with van der Waals surface area (Å²) >= 11 is 0. The van der Waals surface area contributed by atoms with Crippen LogP contribution in [0.4, 0.5) is 0 Å². The van der Waals surface area contributed by atoms with E-state index in [1.807, 2.05) is 20.8 Å². The van der Waals surface area contributed by atoms with Crippen LogP contribution in [-0.4, -0.2) is 31.3 Å². The summed E-state index contributed by atoms with van der Waals surface area (Å²) in [6, 6.07) is 19.7. The molecule has 1 atom stereocenters. The Labute approximate surface area is 175 Å². The molecule has 4 heteroatoms. The van der Waals surface area contributed by atoms with Gasteiger partial charge < -0.3 is 14.8 Å². The van der Waals surface area contributed by atoms with Crippen LogP contribution < -0.4 is 10.1 Å². The first kappa shape index (κ1) is 23.0. The smallest absolute Gasteiger partial charge is 0.293 e. The Morgan fingerprint density at radius 3 is 2.24 bits per heavy atom. The van der Waals surface area contributed by atoms with Crippen molar-refractivity contribution in [3.05, 3.63) is 65.7 Å². The Hall–Kier alpha value is -2.33. The summed E-state index contributed by atoms with van der Waals surface area (Å²) in [5.41, 5.74) is 2.36. The van der Waals surface area contributed by atoms with Crippen molar-refractivity contribution < 1.29 is 14.3 Å². The standard InChI is InChI=1S/C20H25NO.C5H10O2/c1-2-6-17(7-3-1)16-18-9-11-20(12-10-18)22-15-13-19-8-4-5-14-21-19;1-5(2,3)7-4-6/h1-3,6-7,9-12,19,21H,4-5,8,13-16H2;4H,1-3H3/t19-;/m0./s1. The van der Waals surface area contributed by atoms with Crippen LogP contribution >= 0.6 is 0 Å². The first-order chi connectivity index (χ1) is 14.0. The van der Waals surface area contributed by atoms with E-state index < -0.39 is 0 Å². The Kier molecular flexibility index (Phi) is 9.72. The summed E-state index contributed by atoms with van der Waals surface area (Å²) in [6.07, 6.45) is 6.05. The van der Waals surface area contributed by atoms with Crippen LogP contribution in [0.25, 0.3) is 0 Å². The van der Waals surface area contributed by atoms with Gasteiger partial charge in [0.05, 0.1) is 6.61 Å². The quantitative estimate of drug-likeness (QED) is 0.657. The number of piperidine rings is 1. The predicted molar refractivity (Wildman–Crippen MR) is 118 cm³/mol. The van der Waals surface area contributed by atoms with Crippen LogP contribution in [0, 0.1) is 0 Å². The van der Waals surface area contributed by atoms with Crippen molar-refractivity contribution in [1.29, 1.82) is 0 Å². The number of carbonyl (C=O) groups is 1. The lowest BCUT2D eigenvalue weighted by Crippen LogP contribution is -2.35. The van der Waals surface area contributed by atoms with Crippen molar-refractivity contribution >= 4 is 6.47 Å². The minimum Gasteiger partial charge on any atom is -0.494 e. The van der Waals surface area contributed by atoms with Gasteiger partial charge in [-0.25, -0.2) is 0 Å². The molecule has 1 aliphatic rings. The summed E-state index contributed by atoms with van der Waals surface area (Å²) < 4.78 is 10.4. The van der Waals surface area contributed by atoms with E-state index in [0.717, 1.165) is 25.2 Å². The van der Waals surface area contributed by atoms with E-state index in [1.54, 1.807) is 0 Å². The largest absolute Gasteiger partial charge is 0.494 e. The number of hydrogen-bond donors (Lipinski definition) is 1. The van der Waals surface area contributed by atoms with E-state index >= 15 is 0 Å². The number of benzene rings is 2. The Morgan fingerprint density at radius 1 is 1.00 bits per heavy atom. The second-order valence-corrected chi connectivity index (χ2v) is 8.42. The maximum atomic E-state index is 9.60. The third kappa shape index (κ3) is 10.1. The molecule has 1 N–H and O–H groups in total. The zero-order valence-electron chi connectivity index (χ0n) is 18.0. The molecule has 158 valence electrons. The van der Waals surface area contributed by atoms with Crippen molar-refractivity contribution in [2.45, 2.75) is 64.5 Å². The van der Waals surface area contributed by atoms with Gasteiger partial charge in [0.15, 0.2) is 0 Å². The molecule has 0 radical (unpaired) electrons. The molecule has 0 aromatic heterocycles. The predicted octanol–water partition coefficient (Wildman–Crippen LogP) is 5.15. The van der Waals surface area contributed by atoms with Gasteiger partial charge in [-0.05, 0) is 76.3 Å². The van der Waals surface area contributed by atoms with Gasteiger partial charge in [-0.1, -0.05) is 48.9 Å². The number of nitrogens with one attached hydrogen (secondary N) is 1. The normalized spacial score (nSPS) is 16.3. The molecule has 0 saturated carbocycles.